The number of pyridine rings is 1. The van der Waals surface area contributed by atoms with Gasteiger partial charge in [-0.3, -0.25) is 4.79 Å². The molecule has 0 bridgehead atoms. The van der Waals surface area contributed by atoms with E-state index in [1.165, 1.54) is 24.0 Å². The zero-order chi connectivity index (χ0) is 11.1. The third-order valence-electron chi connectivity index (χ3n) is 3.22. The van der Waals surface area contributed by atoms with Gasteiger partial charge in [-0.25, -0.2) is 0 Å². The third kappa shape index (κ3) is 1.61. The molecule has 0 aromatic carbocycles. The van der Waals surface area contributed by atoms with Gasteiger partial charge in [-0.2, -0.15) is 0 Å². The monoisotopic (exact) mass is 327 g/mol. The summed E-state index contributed by atoms with van der Waals surface area (Å²) in [6.45, 7) is 2.80. The summed E-state index contributed by atoms with van der Waals surface area (Å²) >= 11 is 0.0623. The molecule has 0 saturated heterocycles. The fraction of sp³-hybridized carbons (Fsp3) is 0.385. The van der Waals surface area contributed by atoms with Crippen molar-refractivity contribution in [2.24, 2.45) is 0 Å². The minimum absolute atomic E-state index is 0.0623. The van der Waals surface area contributed by atoms with Crippen LogP contribution < -0.4 is 5.56 Å². The van der Waals surface area contributed by atoms with Gasteiger partial charge in [0.05, 0.1) is 5.69 Å². The Labute approximate surface area is 105 Å². The highest BCUT2D eigenvalue weighted by Crippen LogP contribution is 2.42. The molecule has 16 heavy (non-hydrogen) atoms. The number of rotatable bonds is 2. The van der Waals surface area contributed by atoms with Crippen LogP contribution >= 0.6 is 20.7 Å². The molecular formula is C13H14INO. The molecule has 0 radical (unpaired) electrons. The van der Waals surface area contributed by atoms with Crippen LogP contribution in [0.15, 0.2) is 14.9 Å². The molecule has 3 rings (SSSR count). The van der Waals surface area contributed by atoms with E-state index in [4.69, 9.17) is 0 Å². The summed E-state index contributed by atoms with van der Waals surface area (Å²) in [5.74, 6) is 0.666. The van der Waals surface area contributed by atoms with Crippen molar-refractivity contribution in [2.45, 2.75) is 32.2 Å². The van der Waals surface area contributed by atoms with Gasteiger partial charge in [0.25, 0.3) is 5.56 Å². The van der Waals surface area contributed by atoms with E-state index in [-0.39, 0.29) is 26.3 Å². The zero-order valence-electron chi connectivity index (χ0n) is 9.24. The fourth-order valence-electron chi connectivity index (χ4n) is 2.25. The van der Waals surface area contributed by atoms with Crippen LogP contribution in [-0.2, 0) is 6.54 Å². The maximum atomic E-state index is 12.0. The molecule has 0 spiro atoms. The number of halogens is 1. The van der Waals surface area contributed by atoms with E-state index >= 15 is 0 Å². The summed E-state index contributed by atoms with van der Waals surface area (Å²) in [6.07, 6.45) is 4.68. The lowest BCUT2D eigenvalue weighted by atomic mass is 10.0. The summed E-state index contributed by atoms with van der Waals surface area (Å²) < 4.78 is 6.49. The van der Waals surface area contributed by atoms with Gasteiger partial charge in [-0.15, -0.1) is 0 Å². The van der Waals surface area contributed by atoms with E-state index in [0.717, 1.165) is 12.2 Å². The first-order valence-corrected chi connectivity index (χ1v) is 8.20. The number of hydrogen-bond donors (Lipinski definition) is 0. The van der Waals surface area contributed by atoms with E-state index in [0.29, 0.717) is 5.92 Å². The minimum Gasteiger partial charge on any atom is -0.309 e. The molecule has 1 aliphatic heterocycles. The highest BCUT2D eigenvalue weighted by molar-refractivity contribution is 14.2. The maximum Gasteiger partial charge on any atom is 0.251 e. The second-order valence-corrected chi connectivity index (χ2v) is 6.34. The summed E-state index contributed by atoms with van der Waals surface area (Å²) in [4.78, 5) is 12.0. The molecule has 1 saturated carbocycles. The van der Waals surface area contributed by atoms with E-state index < -0.39 is 0 Å². The molecule has 0 N–H and O–H groups in total. The van der Waals surface area contributed by atoms with Crippen LogP contribution in [0.25, 0.3) is 6.08 Å². The first-order chi connectivity index (χ1) is 7.81. The molecule has 3 heteroatoms. The van der Waals surface area contributed by atoms with Gasteiger partial charge >= 0.3 is 0 Å². The highest BCUT2D eigenvalue weighted by atomic mass is 127. The Hall–Kier alpha value is -0.710. The van der Waals surface area contributed by atoms with E-state index in [1.807, 2.05) is 17.6 Å². The molecule has 84 valence electrons. The molecule has 2 aliphatic rings. The largest absolute Gasteiger partial charge is 0.309 e. The predicted octanol–water partition coefficient (Wildman–Crippen LogP) is 2.85. The number of aromatic nitrogens is 1. The van der Waals surface area contributed by atoms with Crippen LogP contribution in [0.4, 0.5) is 0 Å². The van der Waals surface area contributed by atoms with E-state index in [1.54, 1.807) is 0 Å². The van der Waals surface area contributed by atoms with E-state index in [2.05, 4.69) is 14.2 Å². The topological polar surface area (TPSA) is 22.0 Å². The Bertz CT molecular complexity index is 550. The van der Waals surface area contributed by atoms with Crippen molar-refractivity contribution in [3.8, 4) is 0 Å². The third-order valence-corrected chi connectivity index (χ3v) is 4.98. The normalized spacial score (nSPS) is 18.1. The average Bonchev–Trinajstić information content (AvgIpc) is 3.12. The molecule has 0 atom stereocenters. The molecular weight excluding hydrogens is 313 g/mol. The van der Waals surface area contributed by atoms with Crippen molar-refractivity contribution in [1.29, 1.82) is 0 Å². The minimum atomic E-state index is 0.0623. The SMILES string of the molecule is CCn1c2c(c(C3CC3)cc1=O)C=IC=C2. The van der Waals surface area contributed by atoms with Crippen molar-refractivity contribution in [2.75, 3.05) is 0 Å². The quantitative estimate of drug-likeness (QED) is 0.766. The van der Waals surface area contributed by atoms with Crippen LogP contribution in [-0.4, -0.2) is 8.58 Å². The van der Waals surface area contributed by atoms with Crippen molar-refractivity contribution >= 4 is 30.8 Å². The van der Waals surface area contributed by atoms with E-state index in [9.17, 15) is 4.79 Å². The Kier molecular flexibility index (Phi) is 2.58. The molecule has 0 unspecified atom stereocenters. The van der Waals surface area contributed by atoms with Gasteiger partial charge in [-0.1, -0.05) is 20.7 Å². The summed E-state index contributed by atoms with van der Waals surface area (Å²) in [5.41, 5.74) is 3.98. The predicted molar refractivity (Wildman–Crippen MR) is 76.6 cm³/mol. The molecule has 0 amide bonds. The lowest BCUT2D eigenvalue weighted by molar-refractivity contribution is 0.714. The van der Waals surface area contributed by atoms with Crippen molar-refractivity contribution in [1.82, 2.24) is 4.57 Å². The van der Waals surface area contributed by atoms with Gasteiger partial charge in [0, 0.05) is 18.2 Å². The Morgan fingerprint density at radius 3 is 3.00 bits per heavy atom. The molecule has 1 aromatic rings. The number of hydrogen-bond acceptors (Lipinski definition) is 1. The maximum absolute atomic E-state index is 12.0. The van der Waals surface area contributed by atoms with Crippen molar-refractivity contribution in [3.63, 3.8) is 0 Å². The van der Waals surface area contributed by atoms with Crippen LogP contribution in [0.5, 0.6) is 0 Å². The van der Waals surface area contributed by atoms with Crippen LogP contribution in [0, 0.1) is 0 Å². The van der Waals surface area contributed by atoms with Gasteiger partial charge in [-0.05, 0) is 45.4 Å². The second-order valence-electron chi connectivity index (χ2n) is 4.28. The number of fused-ring (bicyclic) bond motifs is 1. The first-order valence-electron chi connectivity index (χ1n) is 5.70. The Morgan fingerprint density at radius 2 is 2.31 bits per heavy atom. The second kappa shape index (κ2) is 3.95. The first kappa shape index (κ1) is 10.4. The van der Waals surface area contributed by atoms with Crippen LogP contribution in [0.3, 0.4) is 0 Å². The fourth-order valence-corrected chi connectivity index (χ4v) is 4.05. The molecule has 2 heterocycles. The Morgan fingerprint density at radius 1 is 1.50 bits per heavy atom. The van der Waals surface area contributed by atoms with Crippen LogP contribution in [0.2, 0.25) is 0 Å². The highest BCUT2D eigenvalue weighted by Gasteiger charge is 2.28. The molecule has 1 fully saturated rings. The standard InChI is InChI=1S/C13H14INO/c1-2-15-12-5-6-14-8-11(12)10(7-13(15)16)9-3-4-9/h5-9H,2-4H2,1H3. The van der Waals surface area contributed by atoms with Crippen molar-refractivity contribution in [3.05, 3.63) is 37.3 Å². The van der Waals surface area contributed by atoms with Crippen molar-refractivity contribution < 1.29 is 0 Å². The molecule has 1 aliphatic carbocycles. The summed E-state index contributed by atoms with van der Waals surface area (Å²) in [5, 5.41) is 0. The summed E-state index contributed by atoms with van der Waals surface area (Å²) in [7, 11) is 0. The van der Waals surface area contributed by atoms with Crippen LogP contribution in [0.1, 0.15) is 42.5 Å². The zero-order valence-corrected chi connectivity index (χ0v) is 11.4. The molecule has 1 aromatic heterocycles. The van der Waals surface area contributed by atoms with Gasteiger partial charge < -0.3 is 4.57 Å². The lowest BCUT2D eigenvalue weighted by Gasteiger charge is -2.16. The number of nitrogens with zero attached hydrogens (tertiary/aromatic N) is 1. The molecule has 2 nitrogen and oxygen atoms in total. The lowest BCUT2D eigenvalue weighted by Crippen LogP contribution is -2.24. The smallest absolute Gasteiger partial charge is 0.251 e. The Balaban J connectivity index is 2.30. The van der Waals surface area contributed by atoms with Gasteiger partial charge in [0.2, 0.25) is 0 Å². The van der Waals surface area contributed by atoms with Gasteiger partial charge in [0.15, 0.2) is 0 Å². The average molecular weight is 327 g/mol. The summed E-state index contributed by atoms with van der Waals surface area (Å²) in [6, 6.07) is 1.87. The van der Waals surface area contributed by atoms with Gasteiger partial charge in [0.1, 0.15) is 0 Å².